The molecule has 0 saturated carbocycles. The van der Waals surface area contributed by atoms with Crippen molar-refractivity contribution in [3.05, 3.63) is 29.3 Å². The van der Waals surface area contributed by atoms with Crippen LogP contribution in [0.25, 0.3) is 0 Å². The fourth-order valence-electron chi connectivity index (χ4n) is 1.13. The first-order chi connectivity index (χ1) is 5.88. The number of nitrogen functional groups attached to an aromatic ring is 1. The molecule has 0 aliphatic heterocycles. The highest BCUT2D eigenvalue weighted by Gasteiger charge is 2.06. The Balaban J connectivity index is 3.08. The maximum Gasteiger partial charge on any atom is 0.151 e. The number of hydrogen-bond donors (Lipinski definition) is 1. The van der Waals surface area contributed by atoms with Crippen LogP contribution >= 0.6 is 0 Å². The third-order valence-corrected chi connectivity index (χ3v) is 2.63. The molecule has 2 N–H and O–H groups in total. The van der Waals surface area contributed by atoms with Gasteiger partial charge in [-0.2, -0.15) is 0 Å². The van der Waals surface area contributed by atoms with Crippen LogP contribution in [0.1, 0.15) is 11.1 Å². The molecular weight excluding hydrogens is 186 g/mol. The molecule has 0 unspecified atom stereocenters. The highest BCUT2D eigenvalue weighted by molar-refractivity contribution is 7.89. The minimum atomic E-state index is -2.97. The van der Waals surface area contributed by atoms with E-state index in [1.54, 1.807) is 12.1 Å². The molecule has 1 aromatic carbocycles. The Morgan fingerprint density at radius 1 is 1.38 bits per heavy atom. The summed E-state index contributed by atoms with van der Waals surface area (Å²) in [4.78, 5) is 0. The molecule has 0 radical (unpaired) electrons. The molecule has 0 atom stereocenters. The van der Waals surface area contributed by atoms with Gasteiger partial charge < -0.3 is 5.73 Å². The van der Waals surface area contributed by atoms with Crippen LogP contribution in [-0.2, 0) is 15.6 Å². The van der Waals surface area contributed by atoms with Crippen molar-refractivity contribution in [3.8, 4) is 0 Å². The Morgan fingerprint density at radius 2 is 2.00 bits per heavy atom. The Hall–Kier alpha value is -1.03. The van der Waals surface area contributed by atoms with Gasteiger partial charge in [0.25, 0.3) is 0 Å². The first-order valence-electron chi connectivity index (χ1n) is 3.91. The smallest absolute Gasteiger partial charge is 0.151 e. The number of anilines is 1. The average molecular weight is 199 g/mol. The number of hydrogen-bond acceptors (Lipinski definition) is 3. The molecule has 0 heterocycles. The summed E-state index contributed by atoms with van der Waals surface area (Å²) in [6.45, 7) is 1.87. The second-order valence-corrected chi connectivity index (χ2v) is 5.40. The molecule has 0 spiro atoms. The van der Waals surface area contributed by atoms with Crippen molar-refractivity contribution in [2.24, 2.45) is 0 Å². The summed E-state index contributed by atoms with van der Waals surface area (Å²) < 4.78 is 22.0. The highest BCUT2D eigenvalue weighted by Crippen LogP contribution is 2.14. The van der Waals surface area contributed by atoms with Crippen LogP contribution in [0.2, 0.25) is 0 Å². The second-order valence-electron chi connectivity index (χ2n) is 3.26. The van der Waals surface area contributed by atoms with Crippen molar-refractivity contribution in [2.45, 2.75) is 12.7 Å². The van der Waals surface area contributed by atoms with E-state index in [9.17, 15) is 8.42 Å². The summed E-state index contributed by atoms with van der Waals surface area (Å²) in [7, 11) is -2.97. The van der Waals surface area contributed by atoms with Gasteiger partial charge in [-0.25, -0.2) is 8.42 Å². The van der Waals surface area contributed by atoms with Crippen molar-refractivity contribution in [2.75, 3.05) is 12.0 Å². The molecule has 0 bridgehead atoms. The molecule has 0 amide bonds. The van der Waals surface area contributed by atoms with Crippen LogP contribution in [0, 0.1) is 6.92 Å². The summed E-state index contributed by atoms with van der Waals surface area (Å²) in [5, 5.41) is 0. The van der Waals surface area contributed by atoms with Crippen LogP contribution < -0.4 is 5.73 Å². The number of sulfone groups is 1. The minimum absolute atomic E-state index is 0.0594. The van der Waals surface area contributed by atoms with Crippen LogP contribution in [-0.4, -0.2) is 14.7 Å². The van der Waals surface area contributed by atoms with Crippen molar-refractivity contribution in [1.82, 2.24) is 0 Å². The van der Waals surface area contributed by atoms with Gasteiger partial charge in [0, 0.05) is 11.9 Å². The first-order valence-corrected chi connectivity index (χ1v) is 5.97. The largest absolute Gasteiger partial charge is 0.399 e. The number of benzene rings is 1. The Kier molecular flexibility index (Phi) is 2.61. The van der Waals surface area contributed by atoms with Gasteiger partial charge in [0.15, 0.2) is 9.84 Å². The van der Waals surface area contributed by atoms with E-state index in [-0.39, 0.29) is 5.75 Å². The van der Waals surface area contributed by atoms with Gasteiger partial charge >= 0.3 is 0 Å². The maximum absolute atomic E-state index is 11.0. The zero-order valence-electron chi connectivity index (χ0n) is 7.74. The Morgan fingerprint density at radius 3 is 2.54 bits per heavy atom. The maximum atomic E-state index is 11.0. The molecular formula is C9H13NO2S. The predicted octanol–water partition coefficient (Wildman–Crippen LogP) is 1.12. The number of rotatable bonds is 2. The lowest BCUT2D eigenvalue weighted by molar-refractivity contribution is 0.601. The Bertz CT molecular complexity index is 410. The molecule has 72 valence electrons. The van der Waals surface area contributed by atoms with Crippen molar-refractivity contribution in [1.29, 1.82) is 0 Å². The molecule has 0 aliphatic carbocycles. The summed E-state index contributed by atoms with van der Waals surface area (Å²) in [6.07, 6.45) is 1.22. The van der Waals surface area contributed by atoms with E-state index in [2.05, 4.69) is 0 Å². The van der Waals surface area contributed by atoms with Gasteiger partial charge in [-0.15, -0.1) is 0 Å². The topological polar surface area (TPSA) is 60.2 Å². The SMILES string of the molecule is Cc1ccc(N)cc1CS(C)(=O)=O. The third-order valence-electron chi connectivity index (χ3n) is 1.79. The van der Waals surface area contributed by atoms with Gasteiger partial charge in [0.2, 0.25) is 0 Å². The molecule has 0 saturated heterocycles. The molecule has 0 aromatic heterocycles. The molecule has 1 rings (SSSR count). The average Bonchev–Trinajstić information content (AvgIpc) is 1.94. The van der Waals surface area contributed by atoms with Gasteiger partial charge in [0.05, 0.1) is 5.75 Å². The number of nitrogens with two attached hydrogens (primary N) is 1. The quantitative estimate of drug-likeness (QED) is 0.726. The zero-order chi connectivity index (χ0) is 10.1. The summed E-state index contributed by atoms with van der Waals surface area (Å²) in [6, 6.07) is 5.30. The Labute approximate surface area is 78.5 Å². The fraction of sp³-hybridized carbons (Fsp3) is 0.333. The monoisotopic (exact) mass is 199 g/mol. The summed E-state index contributed by atoms with van der Waals surface area (Å²) in [5.41, 5.74) is 7.89. The zero-order valence-corrected chi connectivity index (χ0v) is 8.56. The summed E-state index contributed by atoms with van der Waals surface area (Å²) in [5.74, 6) is 0.0594. The first kappa shape index (κ1) is 10.1. The van der Waals surface area contributed by atoms with Crippen LogP contribution in [0.3, 0.4) is 0 Å². The normalized spacial score (nSPS) is 11.5. The molecule has 13 heavy (non-hydrogen) atoms. The van der Waals surface area contributed by atoms with Crippen LogP contribution in [0.15, 0.2) is 18.2 Å². The van der Waals surface area contributed by atoms with Crippen molar-refractivity contribution < 1.29 is 8.42 Å². The lowest BCUT2D eigenvalue weighted by atomic mass is 10.1. The van der Waals surface area contributed by atoms with Gasteiger partial charge in [-0.3, -0.25) is 0 Å². The molecule has 1 aromatic rings. The van der Waals surface area contributed by atoms with Gasteiger partial charge in [0.1, 0.15) is 0 Å². The fourth-order valence-corrected chi connectivity index (χ4v) is 2.01. The highest BCUT2D eigenvalue weighted by atomic mass is 32.2. The van der Waals surface area contributed by atoms with E-state index in [0.29, 0.717) is 5.69 Å². The van der Waals surface area contributed by atoms with E-state index >= 15 is 0 Å². The molecule has 4 heteroatoms. The molecule has 3 nitrogen and oxygen atoms in total. The van der Waals surface area contributed by atoms with E-state index in [0.717, 1.165) is 11.1 Å². The van der Waals surface area contributed by atoms with Gasteiger partial charge in [-0.05, 0) is 30.2 Å². The van der Waals surface area contributed by atoms with E-state index in [4.69, 9.17) is 5.73 Å². The predicted molar refractivity (Wildman–Crippen MR) is 54.1 cm³/mol. The molecule has 0 fully saturated rings. The van der Waals surface area contributed by atoms with Crippen LogP contribution in [0.5, 0.6) is 0 Å². The van der Waals surface area contributed by atoms with Crippen molar-refractivity contribution >= 4 is 15.5 Å². The van der Waals surface area contributed by atoms with E-state index < -0.39 is 9.84 Å². The van der Waals surface area contributed by atoms with Crippen LogP contribution in [0.4, 0.5) is 5.69 Å². The lowest BCUT2D eigenvalue weighted by Gasteiger charge is -2.04. The molecule has 0 aliphatic rings. The van der Waals surface area contributed by atoms with E-state index in [1.807, 2.05) is 13.0 Å². The third kappa shape index (κ3) is 3.06. The van der Waals surface area contributed by atoms with Gasteiger partial charge in [-0.1, -0.05) is 6.07 Å². The minimum Gasteiger partial charge on any atom is -0.399 e. The standard InChI is InChI=1S/C9H13NO2S/c1-7-3-4-9(10)5-8(7)6-13(2,11)12/h3-5H,6,10H2,1-2H3. The summed E-state index contributed by atoms with van der Waals surface area (Å²) >= 11 is 0. The second kappa shape index (κ2) is 3.38. The number of aryl methyl sites for hydroxylation is 1. The lowest BCUT2D eigenvalue weighted by Crippen LogP contribution is -2.03. The van der Waals surface area contributed by atoms with E-state index in [1.165, 1.54) is 6.26 Å². The van der Waals surface area contributed by atoms with Crippen molar-refractivity contribution in [3.63, 3.8) is 0 Å².